The fourth-order valence-corrected chi connectivity index (χ4v) is 7.29. The molecule has 0 aliphatic carbocycles. The molecule has 0 saturated heterocycles. The average molecular weight is 640 g/mol. The van der Waals surface area contributed by atoms with E-state index in [0.717, 1.165) is 66.8 Å². The summed E-state index contributed by atoms with van der Waals surface area (Å²) in [5.41, 5.74) is 12.0. The van der Waals surface area contributed by atoms with E-state index in [9.17, 15) is 0 Å². The summed E-state index contributed by atoms with van der Waals surface area (Å²) in [5.74, 6) is 0.669. The number of hydrogen-bond donors (Lipinski definition) is 0. The molecule has 4 nitrogen and oxygen atoms in total. The van der Waals surface area contributed by atoms with E-state index in [1.54, 1.807) is 0 Å². The van der Waals surface area contributed by atoms with Crippen LogP contribution in [0, 0.1) is 0 Å². The fraction of sp³-hybridized carbons (Fsp3) is 0. The molecule has 7 aromatic carbocycles. The van der Waals surface area contributed by atoms with Crippen molar-refractivity contribution >= 4 is 43.7 Å². The minimum Gasteiger partial charge on any atom is -0.455 e. The SMILES string of the molecule is c1ccc(-c2cc(-c3cccc(-n4c5ccccc5c5ccccc54)c3)nc(-c3cccc(-c4cccc5c4oc4ccccc45)c3)n2)cc1. The molecule has 0 bridgehead atoms. The summed E-state index contributed by atoms with van der Waals surface area (Å²) in [6.45, 7) is 0. The second-order valence-corrected chi connectivity index (χ2v) is 12.6. The summed E-state index contributed by atoms with van der Waals surface area (Å²) in [6.07, 6.45) is 0. The van der Waals surface area contributed by atoms with Gasteiger partial charge < -0.3 is 8.98 Å². The Hall–Kier alpha value is -6.78. The third-order valence-corrected chi connectivity index (χ3v) is 9.61. The number of rotatable bonds is 5. The van der Waals surface area contributed by atoms with Crippen LogP contribution >= 0.6 is 0 Å². The molecule has 0 aliphatic rings. The van der Waals surface area contributed by atoms with Gasteiger partial charge in [-0.3, -0.25) is 0 Å². The van der Waals surface area contributed by atoms with Crippen molar-refractivity contribution in [1.29, 1.82) is 0 Å². The van der Waals surface area contributed by atoms with Gasteiger partial charge in [-0.25, -0.2) is 9.97 Å². The molecule has 0 saturated carbocycles. The molecule has 0 radical (unpaired) electrons. The Morgan fingerprint density at radius 1 is 0.400 bits per heavy atom. The van der Waals surface area contributed by atoms with Crippen molar-refractivity contribution < 1.29 is 4.42 Å². The summed E-state index contributed by atoms with van der Waals surface area (Å²) in [7, 11) is 0. The minimum absolute atomic E-state index is 0.669. The highest BCUT2D eigenvalue weighted by Crippen LogP contribution is 2.38. The summed E-state index contributed by atoms with van der Waals surface area (Å²) in [6, 6.07) is 61.3. The summed E-state index contributed by atoms with van der Waals surface area (Å²) < 4.78 is 8.74. The first kappa shape index (κ1) is 28.3. The van der Waals surface area contributed by atoms with Crippen LogP contribution in [0.1, 0.15) is 0 Å². The average Bonchev–Trinajstić information content (AvgIpc) is 3.74. The highest BCUT2D eigenvalue weighted by molar-refractivity contribution is 6.10. The van der Waals surface area contributed by atoms with Crippen molar-refractivity contribution in [2.45, 2.75) is 0 Å². The Bertz CT molecular complexity index is 2830. The van der Waals surface area contributed by atoms with Crippen LogP contribution in [0.2, 0.25) is 0 Å². The second-order valence-electron chi connectivity index (χ2n) is 12.6. The van der Waals surface area contributed by atoms with Crippen LogP contribution in [-0.2, 0) is 0 Å². The van der Waals surface area contributed by atoms with Gasteiger partial charge in [-0.15, -0.1) is 0 Å². The monoisotopic (exact) mass is 639 g/mol. The Labute approximate surface area is 288 Å². The topological polar surface area (TPSA) is 43.9 Å². The Morgan fingerprint density at radius 2 is 0.980 bits per heavy atom. The Balaban J connectivity index is 1.14. The predicted molar refractivity (Wildman–Crippen MR) is 205 cm³/mol. The van der Waals surface area contributed by atoms with E-state index in [2.05, 4.69) is 150 Å². The summed E-state index contributed by atoms with van der Waals surface area (Å²) in [4.78, 5) is 10.4. The zero-order chi connectivity index (χ0) is 33.0. The Kier molecular flexibility index (Phi) is 6.46. The van der Waals surface area contributed by atoms with E-state index < -0.39 is 0 Å². The third kappa shape index (κ3) is 4.61. The van der Waals surface area contributed by atoms with Gasteiger partial charge in [0.2, 0.25) is 0 Å². The van der Waals surface area contributed by atoms with Crippen molar-refractivity contribution in [1.82, 2.24) is 14.5 Å². The molecular weight excluding hydrogens is 611 g/mol. The zero-order valence-electron chi connectivity index (χ0n) is 27.0. The fourth-order valence-electron chi connectivity index (χ4n) is 7.29. The minimum atomic E-state index is 0.669. The molecule has 4 heteroatoms. The first-order valence-corrected chi connectivity index (χ1v) is 16.8. The van der Waals surface area contributed by atoms with Gasteiger partial charge in [0.1, 0.15) is 11.2 Å². The lowest BCUT2D eigenvalue weighted by Crippen LogP contribution is -1.98. The number of aromatic nitrogens is 3. The molecule has 234 valence electrons. The summed E-state index contributed by atoms with van der Waals surface area (Å²) >= 11 is 0. The predicted octanol–water partition coefficient (Wildman–Crippen LogP) is 12.1. The largest absolute Gasteiger partial charge is 0.455 e. The first-order chi connectivity index (χ1) is 24.8. The van der Waals surface area contributed by atoms with Crippen LogP contribution in [0.25, 0.3) is 94.5 Å². The van der Waals surface area contributed by atoms with Gasteiger partial charge >= 0.3 is 0 Å². The maximum absolute atomic E-state index is 6.40. The first-order valence-electron chi connectivity index (χ1n) is 16.8. The van der Waals surface area contributed by atoms with E-state index in [1.807, 2.05) is 30.3 Å². The van der Waals surface area contributed by atoms with Gasteiger partial charge in [0.05, 0.1) is 22.4 Å². The van der Waals surface area contributed by atoms with Crippen LogP contribution in [0.5, 0.6) is 0 Å². The third-order valence-electron chi connectivity index (χ3n) is 9.61. The van der Waals surface area contributed by atoms with Crippen LogP contribution in [0.15, 0.2) is 180 Å². The number of nitrogens with zero attached hydrogens (tertiary/aromatic N) is 3. The molecule has 0 N–H and O–H groups in total. The maximum Gasteiger partial charge on any atom is 0.160 e. The van der Waals surface area contributed by atoms with Crippen molar-refractivity contribution in [2.24, 2.45) is 0 Å². The van der Waals surface area contributed by atoms with Gasteiger partial charge in [0.15, 0.2) is 5.82 Å². The van der Waals surface area contributed by atoms with Crippen molar-refractivity contribution in [2.75, 3.05) is 0 Å². The zero-order valence-corrected chi connectivity index (χ0v) is 27.0. The standard InChI is InChI=1S/C46H29N3O/c1-2-13-30(14-3-1)40-29-41(32-16-11-18-34(28-32)49-42-24-7-4-19-36(42)37-20-5-8-25-43(37)49)48-46(47-40)33-17-10-15-31(27-33)35-22-12-23-39-38-21-6-9-26-44(38)50-45(35)39/h1-29H. The molecule has 0 amide bonds. The highest BCUT2D eigenvalue weighted by Gasteiger charge is 2.16. The van der Waals surface area contributed by atoms with Crippen LogP contribution in [-0.4, -0.2) is 14.5 Å². The summed E-state index contributed by atoms with van der Waals surface area (Å²) in [5, 5.41) is 4.70. The van der Waals surface area contributed by atoms with Gasteiger partial charge in [-0.2, -0.15) is 0 Å². The lowest BCUT2D eigenvalue weighted by Gasteiger charge is -2.13. The molecule has 0 spiro atoms. The van der Waals surface area contributed by atoms with E-state index >= 15 is 0 Å². The van der Waals surface area contributed by atoms with E-state index in [-0.39, 0.29) is 0 Å². The Morgan fingerprint density at radius 3 is 1.78 bits per heavy atom. The van der Waals surface area contributed by atoms with E-state index in [1.165, 1.54) is 21.8 Å². The van der Waals surface area contributed by atoms with E-state index in [0.29, 0.717) is 5.82 Å². The van der Waals surface area contributed by atoms with Crippen LogP contribution < -0.4 is 0 Å². The smallest absolute Gasteiger partial charge is 0.160 e. The second kappa shape index (κ2) is 11.4. The lowest BCUT2D eigenvalue weighted by molar-refractivity contribution is 0.670. The van der Waals surface area contributed by atoms with Gasteiger partial charge in [-0.1, -0.05) is 133 Å². The maximum atomic E-state index is 6.40. The molecule has 3 aromatic heterocycles. The molecule has 10 aromatic rings. The van der Waals surface area contributed by atoms with Crippen molar-refractivity contribution in [3.63, 3.8) is 0 Å². The number of benzene rings is 7. The van der Waals surface area contributed by atoms with Crippen LogP contribution in [0.4, 0.5) is 0 Å². The molecule has 3 heterocycles. The van der Waals surface area contributed by atoms with Gasteiger partial charge in [-0.05, 0) is 48.0 Å². The quantitative estimate of drug-likeness (QED) is 0.188. The normalized spacial score (nSPS) is 11.6. The molecule has 0 aliphatic heterocycles. The molecule has 0 fully saturated rings. The molecule has 50 heavy (non-hydrogen) atoms. The number of hydrogen-bond acceptors (Lipinski definition) is 3. The van der Waals surface area contributed by atoms with Gasteiger partial charge in [0, 0.05) is 49.5 Å². The number of para-hydroxylation sites is 4. The molecule has 10 rings (SSSR count). The number of fused-ring (bicyclic) bond motifs is 6. The van der Waals surface area contributed by atoms with Crippen LogP contribution in [0.3, 0.4) is 0 Å². The molecule has 0 atom stereocenters. The molecule has 0 unspecified atom stereocenters. The highest BCUT2D eigenvalue weighted by atomic mass is 16.3. The van der Waals surface area contributed by atoms with Crippen molar-refractivity contribution in [3.05, 3.63) is 176 Å². The lowest BCUT2D eigenvalue weighted by atomic mass is 10.00. The van der Waals surface area contributed by atoms with Crippen molar-refractivity contribution in [3.8, 4) is 50.7 Å². The number of furan rings is 1. The molecular formula is C46H29N3O. The van der Waals surface area contributed by atoms with Gasteiger partial charge in [0.25, 0.3) is 0 Å². The van der Waals surface area contributed by atoms with E-state index in [4.69, 9.17) is 14.4 Å².